The first kappa shape index (κ1) is 12.0. The Morgan fingerprint density at radius 2 is 2.15 bits per heavy atom. The number of likely N-dealkylation sites (N-methyl/N-ethyl adjacent to an activating group) is 1. The molecule has 0 aliphatic heterocycles. The van der Waals surface area contributed by atoms with Gasteiger partial charge in [0, 0.05) is 6.54 Å². The quantitative estimate of drug-likeness (QED) is 0.608. The summed E-state index contributed by atoms with van der Waals surface area (Å²) in [5.41, 5.74) is 0. The van der Waals surface area contributed by atoms with Crippen LogP contribution in [0.5, 0.6) is 0 Å². The van der Waals surface area contributed by atoms with Gasteiger partial charge in [-0.3, -0.25) is 10.1 Å². The average molecular weight is 182 g/mol. The molecule has 2 atom stereocenters. The molecule has 2 N–H and O–H groups in total. The van der Waals surface area contributed by atoms with Crippen molar-refractivity contribution in [2.75, 3.05) is 6.54 Å². The molecule has 0 spiro atoms. The highest BCUT2D eigenvalue weighted by atomic mass is 16.2. The van der Waals surface area contributed by atoms with Crippen LogP contribution in [-0.2, 0) is 4.79 Å². The van der Waals surface area contributed by atoms with E-state index in [1.54, 1.807) is 0 Å². The SMILES string of the molecule is C#CC(CC)NC(C)C(=O)NCC. The summed E-state index contributed by atoms with van der Waals surface area (Å²) in [5.74, 6) is 2.58. The predicted octanol–water partition coefficient (Wildman–Crippen LogP) is 0.512. The number of rotatable bonds is 5. The number of hydrogen-bond acceptors (Lipinski definition) is 2. The maximum Gasteiger partial charge on any atom is 0.236 e. The third-order valence-electron chi connectivity index (χ3n) is 1.80. The van der Waals surface area contributed by atoms with Crippen molar-refractivity contribution in [2.45, 2.75) is 39.3 Å². The maximum absolute atomic E-state index is 11.3. The Labute approximate surface area is 80.3 Å². The molecule has 0 aromatic heterocycles. The molecule has 0 saturated heterocycles. The molecule has 0 heterocycles. The highest BCUT2D eigenvalue weighted by molar-refractivity contribution is 5.81. The van der Waals surface area contributed by atoms with E-state index in [4.69, 9.17) is 6.42 Å². The second-order valence-electron chi connectivity index (χ2n) is 2.91. The smallest absolute Gasteiger partial charge is 0.236 e. The van der Waals surface area contributed by atoms with Crippen molar-refractivity contribution < 1.29 is 4.79 Å². The van der Waals surface area contributed by atoms with Crippen LogP contribution in [0.3, 0.4) is 0 Å². The Hall–Kier alpha value is -1.01. The van der Waals surface area contributed by atoms with Crippen molar-refractivity contribution in [2.24, 2.45) is 0 Å². The molecule has 13 heavy (non-hydrogen) atoms. The first-order chi connectivity index (χ1) is 6.15. The molecule has 0 radical (unpaired) electrons. The Morgan fingerprint density at radius 3 is 2.54 bits per heavy atom. The minimum absolute atomic E-state index is 0.00352. The minimum atomic E-state index is -0.221. The van der Waals surface area contributed by atoms with E-state index in [0.717, 1.165) is 6.42 Å². The molecule has 0 aliphatic rings. The molecule has 0 saturated carbocycles. The van der Waals surface area contributed by atoms with Gasteiger partial charge in [0.1, 0.15) is 0 Å². The van der Waals surface area contributed by atoms with E-state index in [9.17, 15) is 4.79 Å². The fraction of sp³-hybridized carbons (Fsp3) is 0.700. The molecule has 0 aliphatic carbocycles. The van der Waals surface area contributed by atoms with Gasteiger partial charge in [-0.25, -0.2) is 0 Å². The van der Waals surface area contributed by atoms with Crippen LogP contribution in [0.4, 0.5) is 0 Å². The fourth-order valence-corrected chi connectivity index (χ4v) is 0.989. The lowest BCUT2D eigenvalue weighted by Gasteiger charge is -2.17. The van der Waals surface area contributed by atoms with Gasteiger partial charge in [-0.1, -0.05) is 12.8 Å². The molecule has 1 amide bonds. The van der Waals surface area contributed by atoms with Crippen molar-refractivity contribution in [3.05, 3.63) is 0 Å². The molecule has 0 aromatic carbocycles. The summed E-state index contributed by atoms with van der Waals surface area (Å²) in [6.07, 6.45) is 6.10. The van der Waals surface area contributed by atoms with Gasteiger partial charge in [-0.2, -0.15) is 0 Å². The van der Waals surface area contributed by atoms with E-state index in [1.165, 1.54) is 0 Å². The second kappa shape index (κ2) is 6.50. The molecule has 0 aromatic rings. The van der Waals surface area contributed by atoms with Crippen molar-refractivity contribution >= 4 is 5.91 Å². The zero-order valence-electron chi connectivity index (χ0n) is 8.55. The number of carbonyl (C=O) groups is 1. The molecule has 3 nitrogen and oxygen atoms in total. The number of hydrogen-bond donors (Lipinski definition) is 2. The standard InChI is InChI=1S/C10H18N2O/c1-5-9(6-2)12-8(4)10(13)11-7-3/h1,8-9,12H,6-7H2,2-4H3,(H,11,13). The molecule has 3 heteroatoms. The number of carbonyl (C=O) groups excluding carboxylic acids is 1. The fourth-order valence-electron chi connectivity index (χ4n) is 0.989. The average Bonchev–Trinajstić information content (AvgIpc) is 2.14. The van der Waals surface area contributed by atoms with Gasteiger partial charge in [0.05, 0.1) is 12.1 Å². The van der Waals surface area contributed by atoms with Crippen LogP contribution < -0.4 is 10.6 Å². The Morgan fingerprint density at radius 1 is 1.54 bits per heavy atom. The number of nitrogens with one attached hydrogen (secondary N) is 2. The first-order valence-electron chi connectivity index (χ1n) is 4.65. The van der Waals surface area contributed by atoms with Gasteiger partial charge in [-0.15, -0.1) is 6.42 Å². The summed E-state index contributed by atoms with van der Waals surface area (Å²) in [6.45, 7) is 6.34. The van der Waals surface area contributed by atoms with Crippen molar-refractivity contribution in [3.63, 3.8) is 0 Å². The summed E-state index contributed by atoms with van der Waals surface area (Å²) in [4.78, 5) is 11.3. The zero-order valence-corrected chi connectivity index (χ0v) is 8.55. The molecular weight excluding hydrogens is 164 g/mol. The van der Waals surface area contributed by atoms with E-state index < -0.39 is 0 Å². The number of amides is 1. The lowest BCUT2D eigenvalue weighted by atomic mass is 10.2. The summed E-state index contributed by atoms with van der Waals surface area (Å²) < 4.78 is 0. The van der Waals surface area contributed by atoms with Crippen LogP contribution in [0.1, 0.15) is 27.2 Å². The third-order valence-corrected chi connectivity index (χ3v) is 1.80. The van der Waals surface area contributed by atoms with Gasteiger partial charge in [-0.05, 0) is 20.3 Å². The van der Waals surface area contributed by atoms with Crippen LogP contribution >= 0.6 is 0 Å². The van der Waals surface area contributed by atoms with Crippen LogP contribution in [0, 0.1) is 12.3 Å². The van der Waals surface area contributed by atoms with Gasteiger partial charge in [0.25, 0.3) is 0 Å². The maximum atomic E-state index is 11.3. The molecule has 2 unspecified atom stereocenters. The second-order valence-corrected chi connectivity index (χ2v) is 2.91. The van der Waals surface area contributed by atoms with Gasteiger partial charge in [0.2, 0.25) is 5.91 Å². The van der Waals surface area contributed by atoms with Gasteiger partial charge < -0.3 is 5.32 Å². The summed E-state index contributed by atoms with van der Waals surface area (Å²) >= 11 is 0. The van der Waals surface area contributed by atoms with E-state index in [0.29, 0.717) is 6.54 Å². The highest BCUT2D eigenvalue weighted by Gasteiger charge is 2.13. The minimum Gasteiger partial charge on any atom is -0.355 e. The summed E-state index contributed by atoms with van der Waals surface area (Å²) in [6, 6.07) is -0.237. The molecule has 74 valence electrons. The zero-order chi connectivity index (χ0) is 10.3. The van der Waals surface area contributed by atoms with Crippen molar-refractivity contribution in [1.29, 1.82) is 0 Å². The topological polar surface area (TPSA) is 41.1 Å². The Kier molecular flexibility index (Phi) is 5.99. The van der Waals surface area contributed by atoms with E-state index in [2.05, 4.69) is 16.6 Å². The van der Waals surface area contributed by atoms with E-state index in [-0.39, 0.29) is 18.0 Å². The van der Waals surface area contributed by atoms with Crippen molar-refractivity contribution in [1.82, 2.24) is 10.6 Å². The lowest BCUT2D eigenvalue weighted by Crippen LogP contribution is -2.45. The van der Waals surface area contributed by atoms with Crippen LogP contribution in [-0.4, -0.2) is 24.5 Å². The predicted molar refractivity (Wildman–Crippen MR) is 54.2 cm³/mol. The highest BCUT2D eigenvalue weighted by Crippen LogP contribution is 1.91. The normalized spacial score (nSPS) is 14.3. The molecule has 0 fully saturated rings. The monoisotopic (exact) mass is 182 g/mol. The van der Waals surface area contributed by atoms with E-state index in [1.807, 2.05) is 20.8 Å². The van der Waals surface area contributed by atoms with Crippen LogP contribution in [0.25, 0.3) is 0 Å². The lowest BCUT2D eigenvalue weighted by molar-refractivity contribution is -0.122. The molecule has 0 bridgehead atoms. The van der Waals surface area contributed by atoms with Crippen LogP contribution in [0.15, 0.2) is 0 Å². The summed E-state index contributed by atoms with van der Waals surface area (Å²) in [7, 11) is 0. The Bertz CT molecular complexity index is 196. The third kappa shape index (κ3) is 4.54. The molecular formula is C10H18N2O. The summed E-state index contributed by atoms with van der Waals surface area (Å²) in [5, 5.41) is 5.78. The largest absolute Gasteiger partial charge is 0.355 e. The number of terminal acetylenes is 1. The first-order valence-corrected chi connectivity index (χ1v) is 4.65. The Balaban J connectivity index is 3.91. The molecule has 0 rings (SSSR count). The van der Waals surface area contributed by atoms with E-state index >= 15 is 0 Å². The van der Waals surface area contributed by atoms with Gasteiger partial charge >= 0.3 is 0 Å². The van der Waals surface area contributed by atoms with Gasteiger partial charge in [0.15, 0.2) is 0 Å². The van der Waals surface area contributed by atoms with Crippen LogP contribution in [0.2, 0.25) is 0 Å². The van der Waals surface area contributed by atoms with Crippen molar-refractivity contribution in [3.8, 4) is 12.3 Å².